The molecule has 2 heterocycles. The summed E-state index contributed by atoms with van der Waals surface area (Å²) in [7, 11) is 1.57. The van der Waals surface area contributed by atoms with Gasteiger partial charge in [0, 0.05) is 36.6 Å². The number of ether oxygens (including phenoxy) is 1. The molecule has 1 aliphatic rings. The van der Waals surface area contributed by atoms with Crippen molar-refractivity contribution in [2.75, 3.05) is 13.7 Å². The third-order valence-electron chi connectivity index (χ3n) is 3.38. The van der Waals surface area contributed by atoms with Crippen molar-refractivity contribution in [2.45, 2.75) is 25.0 Å². The van der Waals surface area contributed by atoms with Gasteiger partial charge in [-0.25, -0.2) is 0 Å². The Morgan fingerprint density at radius 3 is 2.95 bits per heavy atom. The van der Waals surface area contributed by atoms with Crippen LogP contribution in [0, 0.1) is 0 Å². The molecule has 0 bridgehead atoms. The molecule has 6 nitrogen and oxygen atoms in total. The van der Waals surface area contributed by atoms with E-state index in [9.17, 15) is 9.59 Å². The van der Waals surface area contributed by atoms with E-state index >= 15 is 0 Å². The number of aliphatic carboxylic acids is 1. The number of hydrogen-bond acceptors (Lipinski definition) is 4. The van der Waals surface area contributed by atoms with E-state index in [0.29, 0.717) is 23.0 Å². The van der Waals surface area contributed by atoms with E-state index in [-0.39, 0.29) is 24.5 Å². The first kappa shape index (κ1) is 14.9. The summed E-state index contributed by atoms with van der Waals surface area (Å²) < 4.78 is 5.86. The molecule has 1 saturated heterocycles. The van der Waals surface area contributed by atoms with Crippen molar-refractivity contribution in [3.05, 3.63) is 28.5 Å². The third-order valence-corrected chi connectivity index (χ3v) is 4.02. The van der Waals surface area contributed by atoms with Gasteiger partial charge in [-0.1, -0.05) is 0 Å². The maximum Gasteiger partial charge on any atom is 0.305 e. The van der Waals surface area contributed by atoms with Gasteiger partial charge in [-0.15, -0.1) is 0 Å². The number of amides is 1. The first-order valence-corrected chi connectivity index (χ1v) is 6.97. The van der Waals surface area contributed by atoms with Gasteiger partial charge < -0.3 is 14.7 Å². The Bertz CT molecular complexity index is 523. The molecular weight excluding hydrogens is 328 g/mol. The van der Waals surface area contributed by atoms with E-state index in [1.165, 1.54) is 6.20 Å². The Morgan fingerprint density at radius 1 is 1.60 bits per heavy atom. The molecule has 2 rings (SSSR count). The molecule has 0 aromatic carbocycles. The zero-order valence-electron chi connectivity index (χ0n) is 11.0. The third kappa shape index (κ3) is 3.16. The molecule has 1 N–H and O–H groups in total. The van der Waals surface area contributed by atoms with Crippen molar-refractivity contribution in [3.63, 3.8) is 0 Å². The number of aromatic nitrogens is 1. The minimum atomic E-state index is -0.918. The lowest BCUT2D eigenvalue weighted by molar-refractivity contribution is -0.137. The first-order chi connectivity index (χ1) is 9.52. The van der Waals surface area contributed by atoms with Crippen molar-refractivity contribution in [3.8, 4) is 0 Å². The molecule has 0 radical (unpaired) electrons. The van der Waals surface area contributed by atoms with Crippen LogP contribution >= 0.6 is 15.9 Å². The summed E-state index contributed by atoms with van der Waals surface area (Å²) in [6.07, 6.45) is 3.42. The van der Waals surface area contributed by atoms with Crippen LogP contribution in [0.15, 0.2) is 22.9 Å². The lowest BCUT2D eigenvalue weighted by atomic mass is 10.1. The second-order valence-corrected chi connectivity index (χ2v) is 5.51. The predicted octanol–water partition coefficient (Wildman–Crippen LogP) is 1.55. The number of nitrogens with zero attached hydrogens (tertiary/aromatic N) is 2. The Morgan fingerprint density at radius 2 is 2.35 bits per heavy atom. The van der Waals surface area contributed by atoms with E-state index in [0.717, 1.165) is 0 Å². The largest absolute Gasteiger partial charge is 0.481 e. The number of carbonyl (C=O) groups is 2. The smallest absolute Gasteiger partial charge is 0.305 e. The average molecular weight is 343 g/mol. The van der Waals surface area contributed by atoms with E-state index in [2.05, 4.69) is 20.9 Å². The molecule has 108 valence electrons. The Labute approximate surface area is 124 Å². The minimum Gasteiger partial charge on any atom is -0.481 e. The fraction of sp³-hybridized carbons (Fsp3) is 0.462. The zero-order valence-corrected chi connectivity index (χ0v) is 12.5. The summed E-state index contributed by atoms with van der Waals surface area (Å²) >= 11 is 3.29. The Balaban J connectivity index is 2.22. The molecule has 0 saturated carbocycles. The van der Waals surface area contributed by atoms with E-state index in [1.54, 1.807) is 24.3 Å². The van der Waals surface area contributed by atoms with Gasteiger partial charge in [0.1, 0.15) is 0 Å². The summed E-state index contributed by atoms with van der Waals surface area (Å²) in [5, 5.41) is 8.96. The van der Waals surface area contributed by atoms with E-state index in [1.807, 2.05) is 0 Å². The average Bonchev–Trinajstić information content (AvgIpc) is 2.81. The monoisotopic (exact) mass is 342 g/mol. The van der Waals surface area contributed by atoms with Crippen LogP contribution in [0.1, 0.15) is 23.2 Å². The summed E-state index contributed by atoms with van der Waals surface area (Å²) in [6.45, 7) is 0.405. The maximum absolute atomic E-state index is 12.5. The summed E-state index contributed by atoms with van der Waals surface area (Å²) in [4.78, 5) is 29.0. The van der Waals surface area contributed by atoms with Crippen LogP contribution in [0.25, 0.3) is 0 Å². The highest BCUT2D eigenvalue weighted by atomic mass is 79.9. The SMILES string of the molecule is COC1CC(CC(=O)O)N(C(=O)c2ccncc2Br)C1. The van der Waals surface area contributed by atoms with Gasteiger partial charge in [0.2, 0.25) is 0 Å². The lowest BCUT2D eigenvalue weighted by Gasteiger charge is -2.23. The van der Waals surface area contributed by atoms with Crippen LogP contribution in [0.5, 0.6) is 0 Å². The zero-order chi connectivity index (χ0) is 14.7. The number of pyridine rings is 1. The van der Waals surface area contributed by atoms with Crippen molar-refractivity contribution < 1.29 is 19.4 Å². The van der Waals surface area contributed by atoms with Crippen molar-refractivity contribution in [1.29, 1.82) is 0 Å². The molecule has 20 heavy (non-hydrogen) atoms. The minimum absolute atomic E-state index is 0.0751. The molecule has 7 heteroatoms. The van der Waals surface area contributed by atoms with Gasteiger partial charge >= 0.3 is 5.97 Å². The highest BCUT2D eigenvalue weighted by Crippen LogP contribution is 2.26. The topological polar surface area (TPSA) is 79.7 Å². The van der Waals surface area contributed by atoms with Crippen LogP contribution < -0.4 is 0 Å². The summed E-state index contributed by atoms with van der Waals surface area (Å²) in [5.74, 6) is -1.12. The number of carboxylic acid groups (broad SMARTS) is 1. The molecule has 1 amide bonds. The van der Waals surface area contributed by atoms with Crippen LogP contribution in [0.4, 0.5) is 0 Å². The van der Waals surface area contributed by atoms with Crippen LogP contribution in [0.3, 0.4) is 0 Å². The maximum atomic E-state index is 12.5. The van der Waals surface area contributed by atoms with Crippen LogP contribution in [-0.4, -0.2) is 52.7 Å². The van der Waals surface area contributed by atoms with Crippen LogP contribution in [0.2, 0.25) is 0 Å². The van der Waals surface area contributed by atoms with Crippen LogP contribution in [-0.2, 0) is 9.53 Å². The van der Waals surface area contributed by atoms with Gasteiger partial charge in [0.05, 0.1) is 18.1 Å². The fourth-order valence-corrected chi connectivity index (χ4v) is 2.81. The van der Waals surface area contributed by atoms with Crippen molar-refractivity contribution >= 4 is 27.8 Å². The number of carboxylic acids is 1. The summed E-state index contributed by atoms with van der Waals surface area (Å²) in [5.41, 5.74) is 0.479. The number of rotatable bonds is 4. The fourth-order valence-electron chi connectivity index (χ4n) is 2.39. The first-order valence-electron chi connectivity index (χ1n) is 6.18. The molecular formula is C13H15BrN2O4. The van der Waals surface area contributed by atoms with Gasteiger partial charge in [0.25, 0.3) is 5.91 Å². The second-order valence-electron chi connectivity index (χ2n) is 4.66. The molecule has 1 fully saturated rings. The standard InChI is InChI=1S/C13H15BrN2O4/c1-20-9-4-8(5-12(17)18)16(7-9)13(19)10-2-3-15-6-11(10)14/h2-3,6,8-9H,4-5,7H2,1H3,(H,17,18). The van der Waals surface area contributed by atoms with Crippen molar-refractivity contribution in [1.82, 2.24) is 9.88 Å². The van der Waals surface area contributed by atoms with Gasteiger partial charge in [-0.05, 0) is 28.4 Å². The molecule has 1 aromatic rings. The number of hydrogen-bond donors (Lipinski definition) is 1. The predicted molar refractivity (Wildman–Crippen MR) is 74.4 cm³/mol. The molecule has 0 aliphatic carbocycles. The molecule has 1 aromatic heterocycles. The van der Waals surface area contributed by atoms with Crippen molar-refractivity contribution in [2.24, 2.45) is 0 Å². The number of methoxy groups -OCH3 is 1. The van der Waals surface area contributed by atoms with Gasteiger partial charge in [-0.2, -0.15) is 0 Å². The lowest BCUT2D eigenvalue weighted by Crippen LogP contribution is -2.37. The quantitative estimate of drug-likeness (QED) is 0.897. The van der Waals surface area contributed by atoms with E-state index in [4.69, 9.17) is 9.84 Å². The second kappa shape index (κ2) is 6.32. The van der Waals surface area contributed by atoms with Gasteiger partial charge in [0.15, 0.2) is 0 Å². The molecule has 2 atom stereocenters. The number of likely N-dealkylation sites (tertiary alicyclic amines) is 1. The number of carbonyl (C=O) groups excluding carboxylic acids is 1. The van der Waals surface area contributed by atoms with Gasteiger partial charge in [-0.3, -0.25) is 14.6 Å². The Hall–Kier alpha value is -1.47. The highest BCUT2D eigenvalue weighted by Gasteiger charge is 2.37. The molecule has 2 unspecified atom stereocenters. The molecule has 0 spiro atoms. The van der Waals surface area contributed by atoms with E-state index < -0.39 is 5.97 Å². The summed E-state index contributed by atoms with van der Waals surface area (Å²) in [6, 6.07) is 1.27. The highest BCUT2D eigenvalue weighted by molar-refractivity contribution is 9.10. The molecule has 1 aliphatic heterocycles. The normalized spacial score (nSPS) is 22.0. The Kier molecular flexibility index (Phi) is 4.72. The number of halogens is 1.